The van der Waals surface area contributed by atoms with E-state index in [2.05, 4.69) is 45.9 Å². The zero-order chi connectivity index (χ0) is 11.0. The molecule has 0 radical (unpaired) electrons. The molecule has 1 nitrogen and oxygen atoms in total. The third kappa shape index (κ3) is 4.80. The van der Waals surface area contributed by atoms with Gasteiger partial charge in [0.15, 0.2) is 0 Å². The van der Waals surface area contributed by atoms with Gasteiger partial charge < -0.3 is 5.41 Å². The van der Waals surface area contributed by atoms with Gasteiger partial charge in [0, 0.05) is 6.21 Å². The molecular weight excluding hydrogens is 170 g/mol. The van der Waals surface area contributed by atoms with Gasteiger partial charge in [0.25, 0.3) is 0 Å². The first-order chi connectivity index (χ1) is 6.63. The van der Waals surface area contributed by atoms with Gasteiger partial charge in [-0.2, -0.15) is 0 Å². The fourth-order valence-corrected chi connectivity index (χ4v) is 1.31. The molecule has 0 fully saturated rings. The standard InChI is InChI=1S/C13H21N/c1-5-6-7-8-13(11(2)3)12(4)9-10-14/h6-11,14H,5H2,1-4H3/b7-6-,12-9+,13-8-,14-10?. The van der Waals surface area contributed by atoms with Crippen LogP contribution in [-0.2, 0) is 0 Å². The van der Waals surface area contributed by atoms with Crippen molar-refractivity contribution in [2.45, 2.75) is 34.1 Å². The molecule has 0 aromatic heterocycles. The molecule has 0 aliphatic carbocycles. The van der Waals surface area contributed by atoms with Crippen molar-refractivity contribution in [2.75, 3.05) is 0 Å². The Bertz CT molecular complexity index is 254. The van der Waals surface area contributed by atoms with Gasteiger partial charge in [-0.15, -0.1) is 0 Å². The van der Waals surface area contributed by atoms with E-state index in [1.165, 1.54) is 17.4 Å². The highest BCUT2D eigenvalue weighted by atomic mass is 14.3. The maximum Gasteiger partial charge on any atom is 0.0180 e. The molecule has 14 heavy (non-hydrogen) atoms. The van der Waals surface area contributed by atoms with E-state index in [4.69, 9.17) is 5.41 Å². The molecule has 78 valence electrons. The first kappa shape index (κ1) is 12.9. The highest BCUT2D eigenvalue weighted by Crippen LogP contribution is 2.18. The molecule has 0 aromatic rings. The molecule has 0 aliphatic heterocycles. The molecule has 1 heteroatoms. The van der Waals surface area contributed by atoms with Crippen molar-refractivity contribution < 1.29 is 0 Å². The van der Waals surface area contributed by atoms with Crippen molar-refractivity contribution in [3.8, 4) is 0 Å². The third-order valence-corrected chi connectivity index (χ3v) is 2.06. The summed E-state index contributed by atoms with van der Waals surface area (Å²) in [7, 11) is 0. The van der Waals surface area contributed by atoms with Gasteiger partial charge in [-0.3, -0.25) is 0 Å². The summed E-state index contributed by atoms with van der Waals surface area (Å²) in [6, 6.07) is 0. The lowest BCUT2D eigenvalue weighted by Crippen LogP contribution is -1.95. The van der Waals surface area contributed by atoms with Crippen LogP contribution in [0.4, 0.5) is 0 Å². The van der Waals surface area contributed by atoms with Crippen LogP contribution < -0.4 is 0 Å². The lowest BCUT2D eigenvalue weighted by molar-refractivity contribution is 0.778. The molecule has 0 saturated carbocycles. The summed E-state index contributed by atoms with van der Waals surface area (Å²) in [6.07, 6.45) is 10.6. The van der Waals surface area contributed by atoms with Gasteiger partial charge in [0.1, 0.15) is 0 Å². The second kappa shape index (κ2) is 7.31. The normalized spacial score (nSPS) is 14.1. The maximum atomic E-state index is 7.03. The van der Waals surface area contributed by atoms with Gasteiger partial charge in [0.05, 0.1) is 0 Å². The van der Waals surface area contributed by atoms with Crippen molar-refractivity contribution in [1.29, 1.82) is 5.41 Å². The predicted molar refractivity (Wildman–Crippen MR) is 64.9 cm³/mol. The molecule has 0 aromatic carbocycles. The van der Waals surface area contributed by atoms with Crippen molar-refractivity contribution in [3.05, 3.63) is 35.5 Å². The molecule has 0 heterocycles. The second-order valence-electron chi connectivity index (χ2n) is 3.63. The summed E-state index contributed by atoms with van der Waals surface area (Å²) >= 11 is 0. The largest absolute Gasteiger partial charge is 0.309 e. The van der Waals surface area contributed by atoms with E-state index in [1.54, 1.807) is 0 Å². The Hall–Kier alpha value is -1.11. The second-order valence-corrected chi connectivity index (χ2v) is 3.63. The zero-order valence-electron chi connectivity index (χ0n) is 9.67. The van der Waals surface area contributed by atoms with Gasteiger partial charge in [-0.1, -0.05) is 39.0 Å². The van der Waals surface area contributed by atoms with E-state index in [-0.39, 0.29) is 0 Å². The van der Waals surface area contributed by atoms with Crippen LogP contribution in [-0.4, -0.2) is 6.21 Å². The molecular formula is C13H21N. The first-order valence-corrected chi connectivity index (χ1v) is 5.17. The van der Waals surface area contributed by atoms with Gasteiger partial charge in [0.2, 0.25) is 0 Å². The summed E-state index contributed by atoms with van der Waals surface area (Å²) in [4.78, 5) is 0. The summed E-state index contributed by atoms with van der Waals surface area (Å²) in [5.41, 5.74) is 2.48. The molecule has 0 saturated heterocycles. The minimum absolute atomic E-state index is 0.507. The average Bonchev–Trinajstić information content (AvgIpc) is 2.12. The van der Waals surface area contributed by atoms with Gasteiger partial charge in [-0.25, -0.2) is 0 Å². The van der Waals surface area contributed by atoms with E-state index in [1.807, 2.05) is 6.08 Å². The minimum Gasteiger partial charge on any atom is -0.309 e. The number of rotatable bonds is 5. The van der Waals surface area contributed by atoms with Crippen LogP contribution in [0.25, 0.3) is 0 Å². The Morgan fingerprint density at radius 3 is 2.36 bits per heavy atom. The molecule has 0 aliphatic rings. The Kier molecular flexibility index (Phi) is 6.73. The average molecular weight is 191 g/mol. The van der Waals surface area contributed by atoms with Crippen LogP contribution in [0.15, 0.2) is 35.5 Å². The minimum atomic E-state index is 0.507. The number of nitrogens with one attached hydrogen (secondary N) is 1. The molecule has 0 rings (SSSR count). The molecule has 0 bridgehead atoms. The number of hydrogen-bond donors (Lipinski definition) is 1. The lowest BCUT2D eigenvalue weighted by Gasteiger charge is -2.10. The molecule has 1 N–H and O–H groups in total. The molecule has 0 amide bonds. The van der Waals surface area contributed by atoms with Crippen LogP contribution in [0.5, 0.6) is 0 Å². The lowest BCUT2D eigenvalue weighted by atomic mass is 9.95. The number of hydrogen-bond acceptors (Lipinski definition) is 1. The maximum absolute atomic E-state index is 7.03. The monoisotopic (exact) mass is 191 g/mol. The van der Waals surface area contributed by atoms with E-state index in [9.17, 15) is 0 Å². The van der Waals surface area contributed by atoms with Gasteiger partial charge in [-0.05, 0) is 36.5 Å². The highest BCUT2D eigenvalue weighted by Gasteiger charge is 2.03. The van der Waals surface area contributed by atoms with Crippen LogP contribution in [0.3, 0.4) is 0 Å². The summed E-state index contributed by atoms with van der Waals surface area (Å²) in [6.45, 7) is 8.52. The van der Waals surface area contributed by atoms with E-state index < -0.39 is 0 Å². The van der Waals surface area contributed by atoms with Gasteiger partial charge >= 0.3 is 0 Å². The summed E-state index contributed by atoms with van der Waals surface area (Å²) in [5, 5.41) is 7.03. The summed E-state index contributed by atoms with van der Waals surface area (Å²) in [5.74, 6) is 0.507. The zero-order valence-corrected chi connectivity index (χ0v) is 9.67. The fourth-order valence-electron chi connectivity index (χ4n) is 1.31. The van der Waals surface area contributed by atoms with Crippen LogP contribution in [0.2, 0.25) is 0 Å². The van der Waals surface area contributed by atoms with Crippen LogP contribution in [0, 0.1) is 11.3 Å². The van der Waals surface area contributed by atoms with Crippen LogP contribution in [0.1, 0.15) is 34.1 Å². The fraction of sp³-hybridized carbons (Fsp3) is 0.462. The Morgan fingerprint density at radius 2 is 1.93 bits per heavy atom. The van der Waals surface area contributed by atoms with E-state index in [0.29, 0.717) is 5.92 Å². The Balaban J connectivity index is 4.76. The SMILES string of the molecule is CC\C=C/C=C(\C(C)=C\C=N)C(C)C. The van der Waals surface area contributed by atoms with Crippen molar-refractivity contribution >= 4 is 6.21 Å². The summed E-state index contributed by atoms with van der Waals surface area (Å²) < 4.78 is 0. The van der Waals surface area contributed by atoms with E-state index in [0.717, 1.165) is 6.42 Å². The third-order valence-electron chi connectivity index (χ3n) is 2.06. The molecule has 0 atom stereocenters. The Morgan fingerprint density at radius 1 is 1.29 bits per heavy atom. The van der Waals surface area contributed by atoms with Crippen molar-refractivity contribution in [3.63, 3.8) is 0 Å². The first-order valence-electron chi connectivity index (χ1n) is 5.17. The van der Waals surface area contributed by atoms with Crippen molar-refractivity contribution in [2.24, 2.45) is 5.92 Å². The number of allylic oxidation sites excluding steroid dienone is 6. The van der Waals surface area contributed by atoms with Crippen LogP contribution >= 0.6 is 0 Å². The predicted octanol–water partition coefficient (Wildman–Crippen LogP) is 4.13. The topological polar surface area (TPSA) is 23.9 Å². The Labute approximate surface area is 87.7 Å². The smallest absolute Gasteiger partial charge is 0.0180 e. The molecule has 0 spiro atoms. The highest BCUT2D eigenvalue weighted by molar-refractivity contribution is 5.70. The van der Waals surface area contributed by atoms with Crippen molar-refractivity contribution in [1.82, 2.24) is 0 Å². The quantitative estimate of drug-likeness (QED) is 0.499. The van der Waals surface area contributed by atoms with E-state index >= 15 is 0 Å². The molecule has 0 unspecified atom stereocenters.